The first kappa shape index (κ1) is 11.5. The molecule has 1 aromatic carbocycles. The van der Waals surface area contributed by atoms with Crippen molar-refractivity contribution < 1.29 is 8.78 Å². The van der Waals surface area contributed by atoms with Gasteiger partial charge in [-0.15, -0.1) is 0 Å². The van der Waals surface area contributed by atoms with Gasteiger partial charge >= 0.3 is 0 Å². The van der Waals surface area contributed by atoms with Crippen molar-refractivity contribution in [3.8, 4) is 0 Å². The molecule has 0 bridgehead atoms. The molecule has 1 saturated carbocycles. The highest BCUT2D eigenvalue weighted by atomic mass is 19.2. The molecule has 16 heavy (non-hydrogen) atoms. The van der Waals surface area contributed by atoms with Gasteiger partial charge < -0.3 is 5.73 Å². The van der Waals surface area contributed by atoms with Crippen LogP contribution in [0.4, 0.5) is 8.78 Å². The zero-order valence-corrected chi connectivity index (χ0v) is 9.26. The zero-order valence-electron chi connectivity index (χ0n) is 9.26. The predicted octanol–water partition coefficient (Wildman–Crippen LogP) is 3.54. The summed E-state index contributed by atoms with van der Waals surface area (Å²) in [6.45, 7) is 0. The van der Waals surface area contributed by atoms with Crippen LogP contribution in [0.25, 0.3) is 0 Å². The molecule has 1 aromatic rings. The summed E-state index contributed by atoms with van der Waals surface area (Å²) in [7, 11) is 0. The van der Waals surface area contributed by atoms with E-state index in [4.69, 9.17) is 5.73 Å². The van der Waals surface area contributed by atoms with E-state index in [2.05, 4.69) is 0 Å². The summed E-state index contributed by atoms with van der Waals surface area (Å²) in [4.78, 5) is 0. The van der Waals surface area contributed by atoms with Gasteiger partial charge in [0.05, 0.1) is 0 Å². The lowest BCUT2D eigenvalue weighted by atomic mass is 9.94. The minimum atomic E-state index is -0.806. The van der Waals surface area contributed by atoms with E-state index >= 15 is 0 Å². The molecular weight excluding hydrogens is 208 g/mol. The lowest BCUT2D eigenvalue weighted by molar-refractivity contribution is 0.428. The first-order chi connectivity index (χ1) is 7.68. The van der Waals surface area contributed by atoms with Gasteiger partial charge in [0.15, 0.2) is 11.6 Å². The Hall–Kier alpha value is -0.960. The van der Waals surface area contributed by atoms with Gasteiger partial charge in [0, 0.05) is 11.6 Å². The van der Waals surface area contributed by atoms with Crippen molar-refractivity contribution in [2.24, 2.45) is 11.7 Å². The van der Waals surface area contributed by atoms with Crippen LogP contribution in [-0.2, 0) is 0 Å². The fourth-order valence-corrected chi connectivity index (χ4v) is 2.54. The van der Waals surface area contributed by atoms with E-state index in [1.165, 1.54) is 31.7 Å². The molecule has 1 unspecified atom stereocenters. The molecule has 0 amide bonds. The second-order valence-electron chi connectivity index (χ2n) is 4.64. The van der Waals surface area contributed by atoms with Gasteiger partial charge in [-0.3, -0.25) is 0 Å². The summed E-state index contributed by atoms with van der Waals surface area (Å²) in [5.74, 6) is -1.01. The highest BCUT2D eigenvalue weighted by Crippen LogP contribution is 2.32. The largest absolute Gasteiger partial charge is 0.324 e. The minimum absolute atomic E-state index is 0.312. The summed E-state index contributed by atoms with van der Waals surface area (Å²) in [6.07, 6.45) is 5.59. The van der Waals surface area contributed by atoms with E-state index in [0.29, 0.717) is 11.5 Å². The van der Waals surface area contributed by atoms with Crippen LogP contribution in [-0.4, -0.2) is 0 Å². The van der Waals surface area contributed by atoms with Crippen LogP contribution in [0.15, 0.2) is 18.2 Å². The van der Waals surface area contributed by atoms with Crippen molar-refractivity contribution in [3.05, 3.63) is 35.4 Å². The highest BCUT2D eigenvalue weighted by Gasteiger charge is 2.21. The topological polar surface area (TPSA) is 26.0 Å². The van der Waals surface area contributed by atoms with Crippen molar-refractivity contribution in [1.82, 2.24) is 0 Å². The predicted molar refractivity (Wildman–Crippen MR) is 59.9 cm³/mol. The van der Waals surface area contributed by atoms with E-state index in [1.807, 2.05) is 0 Å². The van der Waals surface area contributed by atoms with Crippen LogP contribution >= 0.6 is 0 Å². The van der Waals surface area contributed by atoms with E-state index < -0.39 is 11.6 Å². The van der Waals surface area contributed by atoms with Gasteiger partial charge in [-0.05, 0) is 18.4 Å². The zero-order chi connectivity index (χ0) is 11.5. The maximum Gasteiger partial charge on any atom is 0.163 e. The average molecular weight is 225 g/mol. The van der Waals surface area contributed by atoms with E-state index in [-0.39, 0.29) is 6.04 Å². The summed E-state index contributed by atoms with van der Waals surface area (Å²) >= 11 is 0. The minimum Gasteiger partial charge on any atom is -0.324 e. The highest BCUT2D eigenvalue weighted by molar-refractivity contribution is 5.22. The lowest BCUT2D eigenvalue weighted by Crippen LogP contribution is -2.16. The molecule has 1 atom stereocenters. The molecule has 0 radical (unpaired) electrons. The summed E-state index contributed by atoms with van der Waals surface area (Å²) in [5.41, 5.74) is 6.25. The fraction of sp³-hybridized carbons (Fsp3) is 0.538. The summed E-state index contributed by atoms with van der Waals surface area (Å²) in [5, 5.41) is 0. The number of halogens is 2. The molecule has 1 nitrogen and oxygen atoms in total. The molecule has 0 spiro atoms. The van der Waals surface area contributed by atoms with Crippen molar-refractivity contribution in [3.63, 3.8) is 0 Å². The molecule has 0 aromatic heterocycles. The fourth-order valence-electron chi connectivity index (χ4n) is 2.54. The van der Waals surface area contributed by atoms with Crippen molar-refractivity contribution in [1.29, 1.82) is 0 Å². The van der Waals surface area contributed by atoms with Gasteiger partial charge in [0.2, 0.25) is 0 Å². The van der Waals surface area contributed by atoms with Crippen LogP contribution in [0.1, 0.15) is 43.7 Å². The number of rotatable bonds is 3. The lowest BCUT2D eigenvalue weighted by Gasteiger charge is -2.17. The Morgan fingerprint density at radius 3 is 2.62 bits per heavy atom. The molecule has 3 heteroatoms. The van der Waals surface area contributed by atoms with Gasteiger partial charge in [-0.25, -0.2) is 8.78 Å². The third-order valence-electron chi connectivity index (χ3n) is 3.44. The summed E-state index contributed by atoms with van der Waals surface area (Å²) in [6, 6.07) is 3.85. The maximum absolute atomic E-state index is 13.5. The van der Waals surface area contributed by atoms with Crippen molar-refractivity contribution >= 4 is 0 Å². The Morgan fingerprint density at radius 2 is 1.94 bits per heavy atom. The molecule has 0 saturated heterocycles. The Labute approximate surface area is 94.7 Å². The van der Waals surface area contributed by atoms with Gasteiger partial charge in [-0.2, -0.15) is 0 Å². The Bertz CT molecular complexity index is 359. The molecule has 2 N–H and O–H groups in total. The normalized spacial score (nSPS) is 18.9. The molecule has 0 heterocycles. The van der Waals surface area contributed by atoms with Crippen LogP contribution in [0.3, 0.4) is 0 Å². The summed E-state index contributed by atoms with van der Waals surface area (Å²) < 4.78 is 26.5. The standard InChI is InChI=1S/C13H17F2N/c14-11-7-3-6-10(13(11)15)12(16)8-9-4-1-2-5-9/h3,6-7,9,12H,1-2,4-5,8,16H2. The smallest absolute Gasteiger partial charge is 0.163 e. The third kappa shape index (κ3) is 2.40. The van der Waals surface area contributed by atoms with Gasteiger partial charge in [0.25, 0.3) is 0 Å². The Balaban J connectivity index is 2.07. The van der Waals surface area contributed by atoms with Crippen LogP contribution in [0.2, 0.25) is 0 Å². The molecule has 88 valence electrons. The van der Waals surface area contributed by atoms with E-state index in [0.717, 1.165) is 12.5 Å². The number of benzene rings is 1. The van der Waals surface area contributed by atoms with Gasteiger partial charge in [0.1, 0.15) is 0 Å². The van der Waals surface area contributed by atoms with E-state index in [9.17, 15) is 8.78 Å². The van der Waals surface area contributed by atoms with Crippen molar-refractivity contribution in [2.75, 3.05) is 0 Å². The van der Waals surface area contributed by atoms with E-state index in [1.54, 1.807) is 6.07 Å². The SMILES string of the molecule is NC(CC1CCCC1)c1cccc(F)c1F. The maximum atomic E-state index is 13.5. The average Bonchev–Trinajstić information content (AvgIpc) is 2.74. The number of hydrogen-bond donors (Lipinski definition) is 1. The molecular formula is C13H17F2N. The first-order valence-electron chi connectivity index (χ1n) is 5.88. The molecule has 1 aliphatic carbocycles. The molecule has 2 rings (SSSR count). The monoisotopic (exact) mass is 225 g/mol. The third-order valence-corrected chi connectivity index (χ3v) is 3.44. The van der Waals surface area contributed by atoms with Crippen molar-refractivity contribution in [2.45, 2.75) is 38.1 Å². The van der Waals surface area contributed by atoms with Crippen LogP contribution in [0.5, 0.6) is 0 Å². The number of nitrogens with two attached hydrogens (primary N) is 1. The second-order valence-corrected chi connectivity index (χ2v) is 4.64. The molecule has 0 aliphatic heterocycles. The quantitative estimate of drug-likeness (QED) is 0.836. The molecule has 1 fully saturated rings. The number of hydrogen-bond acceptors (Lipinski definition) is 1. The Morgan fingerprint density at radius 1 is 1.25 bits per heavy atom. The first-order valence-corrected chi connectivity index (χ1v) is 5.88. The van der Waals surface area contributed by atoms with Crippen LogP contribution in [0, 0.1) is 17.6 Å². The Kier molecular flexibility index (Phi) is 3.54. The molecule has 1 aliphatic rings. The van der Waals surface area contributed by atoms with Crippen LogP contribution < -0.4 is 5.73 Å². The van der Waals surface area contributed by atoms with Gasteiger partial charge in [-0.1, -0.05) is 37.8 Å². The second kappa shape index (κ2) is 4.91.